The number of rotatable bonds is 30. The maximum absolute atomic E-state index is 11.9. The predicted octanol–water partition coefficient (Wildman–Crippen LogP) is 6.23. The van der Waals surface area contributed by atoms with Gasteiger partial charge in [0.1, 0.15) is 30.5 Å². The van der Waals surface area contributed by atoms with Gasteiger partial charge in [-0.1, -0.05) is 113 Å². The second kappa shape index (κ2) is 30.3. The number of allylic oxidation sites excluding steroid dienone is 10. The van der Waals surface area contributed by atoms with Crippen LogP contribution >= 0.6 is 0 Å². The lowest BCUT2D eigenvalue weighted by Gasteiger charge is -2.41. The van der Waals surface area contributed by atoms with Gasteiger partial charge < -0.3 is 34.3 Å². The summed E-state index contributed by atoms with van der Waals surface area (Å²) in [5, 5.41) is 30.1. The molecule has 0 amide bonds. The normalized spacial score (nSPS) is 22.4. The smallest absolute Gasteiger partial charge is 0.397 e. The van der Waals surface area contributed by atoms with Crippen molar-refractivity contribution in [1.82, 2.24) is 0 Å². The zero-order valence-corrected chi connectivity index (χ0v) is 31.5. The fraction of sp³-hybridized carbons (Fsp3) is 0.711. The third-order valence-electron chi connectivity index (χ3n) is 7.96. The topological polar surface area (TPSA) is 178 Å². The van der Waals surface area contributed by atoms with Crippen LogP contribution in [0.4, 0.5) is 0 Å². The summed E-state index contributed by atoms with van der Waals surface area (Å²) < 4.78 is 57.7. The predicted molar refractivity (Wildman–Crippen MR) is 197 cm³/mol. The highest BCUT2D eigenvalue weighted by molar-refractivity contribution is 7.80. The van der Waals surface area contributed by atoms with Crippen LogP contribution in [-0.2, 0) is 38.3 Å². The Hall–Kier alpha value is -2.20. The van der Waals surface area contributed by atoms with Crippen LogP contribution < -0.4 is 0 Å². The van der Waals surface area contributed by atoms with Crippen LogP contribution in [-0.4, -0.2) is 97.5 Å². The molecule has 13 heteroatoms. The highest BCUT2D eigenvalue weighted by atomic mass is 32.3. The van der Waals surface area contributed by atoms with Gasteiger partial charge in [-0.3, -0.25) is 9.35 Å². The summed E-state index contributed by atoms with van der Waals surface area (Å²) in [6.45, 7) is 3.21. The van der Waals surface area contributed by atoms with Crippen molar-refractivity contribution in [2.45, 2.75) is 147 Å². The molecule has 0 aliphatic carbocycles. The van der Waals surface area contributed by atoms with Gasteiger partial charge in [0, 0.05) is 13.0 Å². The van der Waals surface area contributed by atoms with E-state index >= 15 is 0 Å². The molecule has 1 fully saturated rings. The molecule has 0 aromatic heterocycles. The van der Waals surface area contributed by atoms with E-state index in [4.69, 9.17) is 23.5 Å². The van der Waals surface area contributed by atoms with Crippen LogP contribution in [0.5, 0.6) is 0 Å². The summed E-state index contributed by atoms with van der Waals surface area (Å²) >= 11 is 0. The summed E-state index contributed by atoms with van der Waals surface area (Å²) in [4.78, 5) is 11.9. The Labute approximate surface area is 306 Å². The first kappa shape index (κ1) is 46.8. The minimum Gasteiger partial charge on any atom is -0.457 e. The van der Waals surface area contributed by atoms with E-state index in [2.05, 4.69) is 71.9 Å². The largest absolute Gasteiger partial charge is 0.457 e. The average molecular weight is 745 g/mol. The van der Waals surface area contributed by atoms with E-state index < -0.39 is 59.8 Å². The number of hydrogen-bond acceptors (Lipinski definition) is 11. The molecule has 0 radical (unpaired) electrons. The average Bonchev–Trinajstić information content (AvgIpc) is 3.10. The van der Waals surface area contributed by atoms with Crippen LogP contribution in [0.15, 0.2) is 60.8 Å². The van der Waals surface area contributed by atoms with E-state index in [1.54, 1.807) is 6.92 Å². The molecule has 1 aliphatic rings. The van der Waals surface area contributed by atoms with Gasteiger partial charge in [-0.15, -0.1) is 0 Å². The summed E-state index contributed by atoms with van der Waals surface area (Å²) in [5.74, 6) is -0.494. The summed E-state index contributed by atoms with van der Waals surface area (Å²) in [6.07, 6.45) is 28.2. The van der Waals surface area contributed by atoms with Gasteiger partial charge in [-0.2, -0.15) is 8.42 Å². The third kappa shape index (κ3) is 24.6. The van der Waals surface area contributed by atoms with Crippen LogP contribution in [0.3, 0.4) is 0 Å². The molecule has 0 saturated carbocycles. The van der Waals surface area contributed by atoms with Gasteiger partial charge in [0.15, 0.2) is 6.29 Å². The summed E-state index contributed by atoms with van der Waals surface area (Å²) in [7, 11) is -5.04. The molecule has 4 N–H and O–H groups in total. The van der Waals surface area contributed by atoms with Crippen molar-refractivity contribution >= 4 is 16.4 Å². The SMILES string of the molecule is CC/C=C\C/C=C\C/C=C\C/C=C\C/C=C\CCCCCCCCCCOCC(COC1OC(CO)C(O)C(OS(=O)(=O)O)C1O)OC(=O)CC. The van der Waals surface area contributed by atoms with Crippen molar-refractivity contribution in [1.29, 1.82) is 0 Å². The van der Waals surface area contributed by atoms with Crippen LogP contribution in [0.2, 0.25) is 0 Å². The maximum Gasteiger partial charge on any atom is 0.397 e. The standard InChI is InChI=1S/C38H64O12S/c1-3-5-6-7-8-9-10-11-12-13-14-15-16-17-18-19-20-21-22-23-24-25-26-27-28-46-30-32(48-34(40)4-2)31-47-38-36(42)37(50-51(43,44)45)35(41)33(29-39)49-38/h5-6,8-9,11-12,14-15,17-18,32-33,35-39,41-42H,3-4,7,10,13,16,19-31H2,1-2H3,(H,43,44,45)/b6-5-,9-8-,12-11-,15-14-,18-17-. The van der Waals surface area contributed by atoms with Crippen molar-refractivity contribution < 1.29 is 56.2 Å². The summed E-state index contributed by atoms with van der Waals surface area (Å²) in [5.41, 5.74) is 0. The molecule has 6 atom stereocenters. The number of aliphatic hydroxyl groups excluding tert-OH is 3. The van der Waals surface area contributed by atoms with Crippen LogP contribution in [0, 0.1) is 0 Å². The molecule has 0 bridgehead atoms. The van der Waals surface area contributed by atoms with Crippen LogP contribution in [0.25, 0.3) is 0 Å². The Balaban J connectivity index is 2.15. The first-order valence-electron chi connectivity index (χ1n) is 18.5. The van der Waals surface area contributed by atoms with Gasteiger partial charge in [0.05, 0.1) is 19.8 Å². The molecule has 294 valence electrons. The fourth-order valence-electron chi connectivity index (χ4n) is 5.14. The van der Waals surface area contributed by atoms with Crippen LogP contribution in [0.1, 0.15) is 110 Å². The molecule has 1 heterocycles. The van der Waals surface area contributed by atoms with Gasteiger partial charge in [-0.25, -0.2) is 4.18 Å². The molecule has 0 aromatic rings. The number of aliphatic hydroxyl groups is 3. The molecule has 1 saturated heterocycles. The highest BCUT2D eigenvalue weighted by Gasteiger charge is 2.48. The van der Waals surface area contributed by atoms with Crippen molar-refractivity contribution in [3.63, 3.8) is 0 Å². The van der Waals surface area contributed by atoms with Gasteiger partial charge in [-0.05, 0) is 51.4 Å². The molecular weight excluding hydrogens is 680 g/mol. The molecule has 6 unspecified atom stereocenters. The Morgan fingerprint density at radius 3 is 1.80 bits per heavy atom. The van der Waals surface area contributed by atoms with E-state index in [0.29, 0.717) is 6.61 Å². The van der Waals surface area contributed by atoms with Crippen molar-refractivity contribution in [3.05, 3.63) is 60.8 Å². The molecule has 0 aromatic carbocycles. The third-order valence-corrected chi connectivity index (χ3v) is 8.42. The maximum atomic E-state index is 11.9. The molecule has 0 spiro atoms. The van der Waals surface area contributed by atoms with E-state index in [-0.39, 0.29) is 19.6 Å². The number of carbonyl (C=O) groups is 1. The van der Waals surface area contributed by atoms with Crippen molar-refractivity contribution in [2.24, 2.45) is 0 Å². The lowest BCUT2D eigenvalue weighted by Crippen LogP contribution is -2.60. The lowest BCUT2D eigenvalue weighted by molar-refractivity contribution is -0.301. The van der Waals surface area contributed by atoms with Gasteiger partial charge in [0.25, 0.3) is 0 Å². The van der Waals surface area contributed by atoms with E-state index in [9.17, 15) is 28.5 Å². The number of hydrogen-bond donors (Lipinski definition) is 4. The minimum atomic E-state index is -5.04. The second-order valence-corrected chi connectivity index (χ2v) is 13.4. The van der Waals surface area contributed by atoms with E-state index in [1.807, 2.05) is 0 Å². The second-order valence-electron chi connectivity index (χ2n) is 12.4. The summed E-state index contributed by atoms with van der Waals surface area (Å²) in [6, 6.07) is 0. The Morgan fingerprint density at radius 2 is 1.27 bits per heavy atom. The molecule has 12 nitrogen and oxygen atoms in total. The molecule has 1 rings (SSSR count). The Morgan fingerprint density at radius 1 is 0.745 bits per heavy atom. The number of carbonyl (C=O) groups excluding carboxylic acids is 1. The number of unbranched alkanes of at least 4 members (excludes halogenated alkanes) is 8. The van der Waals surface area contributed by atoms with Gasteiger partial charge in [0.2, 0.25) is 0 Å². The number of ether oxygens (including phenoxy) is 4. The molecular formula is C38H64O12S. The first-order valence-corrected chi connectivity index (χ1v) is 19.9. The van der Waals surface area contributed by atoms with Crippen molar-refractivity contribution in [3.8, 4) is 0 Å². The first-order chi connectivity index (χ1) is 24.6. The zero-order valence-electron chi connectivity index (χ0n) is 30.6. The van der Waals surface area contributed by atoms with Crippen molar-refractivity contribution in [2.75, 3.05) is 26.4 Å². The van der Waals surface area contributed by atoms with Gasteiger partial charge >= 0.3 is 16.4 Å². The Bertz CT molecular complexity index is 1130. The fourth-order valence-corrected chi connectivity index (χ4v) is 5.65. The molecule has 51 heavy (non-hydrogen) atoms. The lowest BCUT2D eigenvalue weighted by atomic mass is 9.99. The number of esters is 1. The quantitative estimate of drug-likeness (QED) is 0.0283. The molecule has 1 aliphatic heterocycles. The zero-order chi connectivity index (χ0) is 37.6. The minimum absolute atomic E-state index is 0.0173. The monoisotopic (exact) mass is 744 g/mol. The van der Waals surface area contributed by atoms with E-state index in [0.717, 1.165) is 57.8 Å². The Kier molecular flexibility index (Phi) is 27.8. The highest BCUT2D eigenvalue weighted by Crippen LogP contribution is 2.26. The van der Waals surface area contributed by atoms with E-state index in [1.165, 1.54) is 32.1 Å².